The van der Waals surface area contributed by atoms with Crippen molar-refractivity contribution in [1.29, 1.82) is 0 Å². The number of carboxylic acids is 1. The number of unbranched alkanes of at least 4 members (excludes halogenated alkanes) is 2. The van der Waals surface area contributed by atoms with Gasteiger partial charge < -0.3 is 28.8 Å². The lowest BCUT2D eigenvalue weighted by Crippen LogP contribution is -2.38. The van der Waals surface area contributed by atoms with Crippen LogP contribution in [0.25, 0.3) is 11.1 Å². The Morgan fingerprint density at radius 3 is 2.00 bits per heavy atom. The van der Waals surface area contributed by atoms with Gasteiger partial charge in [0.2, 0.25) is 0 Å². The molecule has 3 aromatic rings. The van der Waals surface area contributed by atoms with Crippen LogP contribution in [0.1, 0.15) is 98.4 Å². The van der Waals surface area contributed by atoms with Gasteiger partial charge in [-0.3, -0.25) is 0 Å². The molecule has 1 heterocycles. The summed E-state index contributed by atoms with van der Waals surface area (Å²) in [4.78, 5) is 48.2. The fourth-order valence-corrected chi connectivity index (χ4v) is 6.52. The molecule has 1 saturated carbocycles. The van der Waals surface area contributed by atoms with Gasteiger partial charge in [-0.25, -0.2) is 19.2 Å². The van der Waals surface area contributed by atoms with Crippen molar-refractivity contribution in [2.75, 3.05) is 13.2 Å². The highest BCUT2D eigenvalue weighted by molar-refractivity contribution is 5.91. The topological polar surface area (TPSA) is 135 Å². The van der Waals surface area contributed by atoms with E-state index in [4.69, 9.17) is 23.7 Å². The number of carbonyl (C=O) groups is 4. The number of ether oxygens (including phenoxy) is 5. The number of rotatable bonds is 16. The summed E-state index contributed by atoms with van der Waals surface area (Å²) in [5.41, 5.74) is 4.28. The number of hydrogen-bond donors (Lipinski definition) is 1. The van der Waals surface area contributed by atoms with E-state index in [0.717, 1.165) is 36.3 Å². The van der Waals surface area contributed by atoms with Crippen molar-refractivity contribution < 1.29 is 48.0 Å². The number of benzene rings is 3. The smallest absolute Gasteiger partial charge is 0.343 e. The molecule has 51 heavy (non-hydrogen) atoms. The van der Waals surface area contributed by atoms with Gasteiger partial charge in [0.25, 0.3) is 0 Å². The molecule has 1 N–H and O–H groups in total. The van der Waals surface area contributed by atoms with Gasteiger partial charge in [-0.05, 0) is 97.7 Å². The molecule has 10 nitrogen and oxygen atoms in total. The maximum atomic E-state index is 12.9. The predicted octanol–water partition coefficient (Wildman–Crippen LogP) is 7.96. The Kier molecular flexibility index (Phi) is 13.5. The summed E-state index contributed by atoms with van der Waals surface area (Å²) >= 11 is 0. The standard InChI is InChI=1S/C41H46O10/c1-3-5-25-48-40(46)37-36(38(43)44)50-41(51-37)33-21-23-34(24-22-33)49-39(45)32-19-17-31(18-20-32)30-15-13-29(14-16-30)28-11-9-27(10-12-28)8-6-7-26-47-35(42)4-2/h4,13-24,27-28,36-37,41H,2-3,5-12,25-26H2,1H3,(H,43,44)/t27?,28?,36-,37-,41?/m1/s1. The van der Waals surface area contributed by atoms with Gasteiger partial charge in [0.1, 0.15) is 5.75 Å². The highest BCUT2D eigenvalue weighted by Crippen LogP contribution is 2.38. The van der Waals surface area contributed by atoms with E-state index >= 15 is 0 Å². The predicted molar refractivity (Wildman–Crippen MR) is 189 cm³/mol. The first-order chi connectivity index (χ1) is 24.7. The van der Waals surface area contributed by atoms with Gasteiger partial charge in [0.05, 0.1) is 18.8 Å². The molecule has 1 unspecified atom stereocenters. The minimum absolute atomic E-state index is 0.173. The summed E-state index contributed by atoms with van der Waals surface area (Å²) < 4.78 is 26.9. The molecule has 3 aromatic carbocycles. The molecular weight excluding hydrogens is 652 g/mol. The molecule has 2 aliphatic rings. The van der Waals surface area contributed by atoms with E-state index < -0.39 is 36.4 Å². The summed E-state index contributed by atoms with van der Waals surface area (Å²) in [6.45, 7) is 6.00. The number of aliphatic carboxylic acids is 1. The number of carbonyl (C=O) groups excluding carboxylic acids is 3. The zero-order valence-corrected chi connectivity index (χ0v) is 29.0. The summed E-state index contributed by atoms with van der Waals surface area (Å²) in [6, 6.07) is 22.2. The molecule has 0 spiro atoms. The number of carboxylic acid groups (broad SMARTS) is 1. The molecule has 270 valence electrons. The van der Waals surface area contributed by atoms with Gasteiger partial charge >= 0.3 is 23.9 Å². The minimum atomic E-state index is -1.50. The van der Waals surface area contributed by atoms with Crippen molar-refractivity contribution in [3.05, 3.63) is 102 Å². The molecule has 3 atom stereocenters. The minimum Gasteiger partial charge on any atom is -0.479 e. The van der Waals surface area contributed by atoms with E-state index in [1.54, 1.807) is 36.4 Å². The zero-order chi connectivity index (χ0) is 36.2. The van der Waals surface area contributed by atoms with Crippen LogP contribution >= 0.6 is 0 Å². The Hall–Kier alpha value is -4.80. The molecule has 0 radical (unpaired) electrons. The van der Waals surface area contributed by atoms with E-state index in [9.17, 15) is 24.3 Å². The Morgan fingerprint density at radius 1 is 0.765 bits per heavy atom. The molecule has 1 saturated heterocycles. The van der Waals surface area contributed by atoms with E-state index in [0.29, 0.717) is 30.1 Å². The van der Waals surface area contributed by atoms with Crippen molar-refractivity contribution in [2.24, 2.45) is 5.92 Å². The van der Waals surface area contributed by atoms with E-state index in [1.165, 1.54) is 43.7 Å². The molecule has 1 aliphatic heterocycles. The third-order valence-corrected chi connectivity index (χ3v) is 9.50. The average molecular weight is 699 g/mol. The first-order valence-electron chi connectivity index (χ1n) is 17.8. The van der Waals surface area contributed by atoms with Gasteiger partial charge in [-0.1, -0.05) is 74.9 Å². The third kappa shape index (κ3) is 10.4. The SMILES string of the molecule is C=CC(=O)OCCCCC1CCC(c2ccc(-c3ccc(C(=O)Oc4ccc(C5O[C@@H](C(=O)O)[C@H](C(=O)OCCCC)O5)cc4)cc3)cc2)CC1. The van der Waals surface area contributed by atoms with E-state index in [2.05, 4.69) is 30.8 Å². The fourth-order valence-electron chi connectivity index (χ4n) is 6.52. The Bertz CT molecular complexity index is 1620. The van der Waals surface area contributed by atoms with Crippen LogP contribution in [0, 0.1) is 5.92 Å². The second-order valence-corrected chi connectivity index (χ2v) is 13.0. The highest BCUT2D eigenvalue weighted by atomic mass is 16.7. The van der Waals surface area contributed by atoms with Gasteiger partial charge in [-0.15, -0.1) is 0 Å². The lowest BCUT2D eigenvalue weighted by Gasteiger charge is -2.29. The lowest BCUT2D eigenvalue weighted by molar-refractivity contribution is -0.161. The normalized spacial score (nSPS) is 21.4. The van der Waals surface area contributed by atoms with Gasteiger partial charge in [0, 0.05) is 11.6 Å². The fraction of sp³-hybridized carbons (Fsp3) is 0.415. The van der Waals surface area contributed by atoms with Crippen LogP contribution in [0.5, 0.6) is 5.75 Å². The zero-order valence-electron chi connectivity index (χ0n) is 29.0. The highest BCUT2D eigenvalue weighted by Gasteiger charge is 2.47. The Labute approximate surface area is 298 Å². The molecular formula is C41H46O10. The van der Waals surface area contributed by atoms with Crippen LogP contribution in [0.2, 0.25) is 0 Å². The molecule has 2 fully saturated rings. The van der Waals surface area contributed by atoms with Crippen molar-refractivity contribution in [2.45, 2.75) is 89.1 Å². The van der Waals surface area contributed by atoms with Gasteiger partial charge in [-0.2, -0.15) is 0 Å². The summed E-state index contributed by atoms with van der Waals surface area (Å²) in [5, 5.41) is 9.53. The number of hydrogen-bond acceptors (Lipinski definition) is 9. The summed E-state index contributed by atoms with van der Waals surface area (Å²) in [7, 11) is 0. The third-order valence-electron chi connectivity index (χ3n) is 9.50. The van der Waals surface area contributed by atoms with Crippen LogP contribution in [-0.2, 0) is 33.3 Å². The second kappa shape index (κ2) is 18.4. The van der Waals surface area contributed by atoms with Crippen molar-refractivity contribution in [3.63, 3.8) is 0 Å². The van der Waals surface area contributed by atoms with Crippen molar-refractivity contribution >= 4 is 23.9 Å². The summed E-state index contributed by atoms with van der Waals surface area (Å²) in [6.07, 6.45) is 6.63. The second-order valence-electron chi connectivity index (χ2n) is 13.0. The molecule has 1 aliphatic carbocycles. The Morgan fingerprint density at radius 2 is 1.37 bits per heavy atom. The largest absolute Gasteiger partial charge is 0.479 e. The molecule has 5 rings (SSSR count). The molecule has 0 amide bonds. The maximum Gasteiger partial charge on any atom is 0.343 e. The monoisotopic (exact) mass is 698 g/mol. The van der Waals surface area contributed by atoms with E-state index in [1.807, 2.05) is 19.1 Å². The average Bonchev–Trinajstić information content (AvgIpc) is 3.62. The van der Waals surface area contributed by atoms with Crippen molar-refractivity contribution in [3.8, 4) is 16.9 Å². The van der Waals surface area contributed by atoms with Crippen LogP contribution in [0.15, 0.2) is 85.5 Å². The van der Waals surface area contributed by atoms with Gasteiger partial charge in [0.15, 0.2) is 18.5 Å². The number of esters is 3. The van der Waals surface area contributed by atoms with Crippen LogP contribution in [0.4, 0.5) is 0 Å². The first-order valence-corrected chi connectivity index (χ1v) is 17.8. The quantitative estimate of drug-likeness (QED) is 0.0680. The van der Waals surface area contributed by atoms with Crippen LogP contribution < -0.4 is 4.74 Å². The Balaban J connectivity index is 1.08. The summed E-state index contributed by atoms with van der Waals surface area (Å²) in [5.74, 6) is -1.41. The van der Waals surface area contributed by atoms with Crippen LogP contribution in [0.3, 0.4) is 0 Å². The van der Waals surface area contributed by atoms with E-state index in [-0.39, 0.29) is 18.3 Å². The maximum absolute atomic E-state index is 12.9. The van der Waals surface area contributed by atoms with Crippen LogP contribution in [-0.4, -0.2) is 54.4 Å². The van der Waals surface area contributed by atoms with Crippen molar-refractivity contribution in [1.82, 2.24) is 0 Å². The molecule has 0 bridgehead atoms. The molecule has 0 aromatic heterocycles. The molecule has 10 heteroatoms. The first kappa shape index (κ1) is 37.5. The lowest BCUT2D eigenvalue weighted by atomic mass is 9.77.